The van der Waals surface area contributed by atoms with E-state index in [-0.39, 0.29) is 25.4 Å². The van der Waals surface area contributed by atoms with Crippen molar-refractivity contribution >= 4 is 32.7 Å². The molecular formula is C16H19F2N3O2S. The first kappa shape index (κ1) is 17.0. The zero-order valence-electron chi connectivity index (χ0n) is 13.3. The van der Waals surface area contributed by atoms with Crippen molar-refractivity contribution in [3.05, 3.63) is 23.8 Å². The minimum atomic E-state index is -2.68. The van der Waals surface area contributed by atoms with Gasteiger partial charge in [-0.1, -0.05) is 23.5 Å². The molecule has 2 amide bonds. The van der Waals surface area contributed by atoms with Gasteiger partial charge in [-0.25, -0.2) is 18.6 Å². The summed E-state index contributed by atoms with van der Waals surface area (Å²) in [7, 11) is 1.61. The zero-order chi connectivity index (χ0) is 17.2. The molecule has 5 nitrogen and oxygen atoms in total. The predicted octanol–water partition coefficient (Wildman–Crippen LogP) is 4.10. The number of amides is 2. The van der Waals surface area contributed by atoms with Crippen molar-refractivity contribution in [2.24, 2.45) is 0 Å². The third kappa shape index (κ3) is 3.81. The van der Waals surface area contributed by atoms with Gasteiger partial charge in [-0.2, -0.15) is 0 Å². The van der Waals surface area contributed by atoms with Gasteiger partial charge >= 0.3 is 6.03 Å². The lowest BCUT2D eigenvalue weighted by Gasteiger charge is -2.20. The number of benzene rings is 1. The molecule has 0 atom stereocenters. The monoisotopic (exact) mass is 355 g/mol. The highest BCUT2D eigenvalue weighted by Gasteiger charge is 2.33. The molecule has 0 radical (unpaired) electrons. The van der Waals surface area contributed by atoms with Crippen LogP contribution in [-0.2, 0) is 11.3 Å². The summed E-state index contributed by atoms with van der Waals surface area (Å²) in [6.45, 7) is 0.829. The van der Waals surface area contributed by atoms with Crippen LogP contribution in [0, 0.1) is 0 Å². The fraction of sp³-hybridized carbons (Fsp3) is 0.500. The number of rotatable bonds is 3. The molecule has 1 fully saturated rings. The molecule has 2 heterocycles. The van der Waals surface area contributed by atoms with Crippen LogP contribution in [0.1, 0.15) is 24.8 Å². The molecule has 0 saturated carbocycles. The minimum Gasteiger partial charge on any atom is -0.380 e. The molecule has 24 heavy (non-hydrogen) atoms. The number of carbonyl (C=O) groups excluding carboxylic acids is 1. The van der Waals surface area contributed by atoms with Crippen molar-refractivity contribution in [3.8, 4) is 0 Å². The average Bonchev–Trinajstić information content (AvgIpc) is 2.84. The van der Waals surface area contributed by atoms with Gasteiger partial charge in [0.25, 0.3) is 0 Å². The van der Waals surface area contributed by atoms with E-state index in [2.05, 4.69) is 10.3 Å². The number of nitrogens with zero attached hydrogens (tertiary/aromatic N) is 2. The number of alkyl halides is 2. The van der Waals surface area contributed by atoms with E-state index in [0.717, 1.165) is 15.8 Å². The van der Waals surface area contributed by atoms with E-state index in [9.17, 15) is 13.6 Å². The van der Waals surface area contributed by atoms with Crippen LogP contribution in [-0.4, -0.2) is 42.0 Å². The van der Waals surface area contributed by atoms with Crippen LogP contribution in [0.25, 0.3) is 10.2 Å². The van der Waals surface area contributed by atoms with Crippen LogP contribution >= 0.6 is 11.3 Å². The van der Waals surface area contributed by atoms with Gasteiger partial charge in [0.1, 0.15) is 0 Å². The molecule has 3 rings (SSSR count). The number of para-hydroxylation sites is 1. The lowest BCUT2D eigenvalue weighted by atomic mass is 10.1. The number of urea groups is 1. The molecule has 2 aromatic rings. The fourth-order valence-electron chi connectivity index (χ4n) is 2.77. The number of fused-ring (bicyclic) bond motifs is 1. The molecule has 0 bridgehead atoms. The zero-order valence-corrected chi connectivity index (χ0v) is 14.2. The molecule has 0 spiro atoms. The van der Waals surface area contributed by atoms with E-state index in [0.29, 0.717) is 24.7 Å². The van der Waals surface area contributed by atoms with E-state index in [1.54, 1.807) is 7.11 Å². The van der Waals surface area contributed by atoms with Crippen LogP contribution in [0.4, 0.5) is 18.7 Å². The summed E-state index contributed by atoms with van der Waals surface area (Å²) in [5, 5.41) is 3.20. The maximum Gasteiger partial charge on any atom is 0.323 e. The molecule has 130 valence electrons. The number of hydrogen-bond donors (Lipinski definition) is 1. The highest BCUT2D eigenvalue weighted by atomic mass is 32.1. The van der Waals surface area contributed by atoms with Gasteiger partial charge in [0.2, 0.25) is 5.92 Å². The Hall–Kier alpha value is -1.80. The van der Waals surface area contributed by atoms with Gasteiger partial charge < -0.3 is 9.64 Å². The van der Waals surface area contributed by atoms with Crippen molar-refractivity contribution < 1.29 is 18.3 Å². The number of thiazole rings is 1. The molecule has 8 heteroatoms. The minimum absolute atomic E-state index is 0.0542. The fourth-order valence-corrected chi connectivity index (χ4v) is 3.67. The molecule has 0 unspecified atom stereocenters. The number of halogens is 2. The highest BCUT2D eigenvalue weighted by molar-refractivity contribution is 7.22. The number of likely N-dealkylation sites (tertiary alicyclic amines) is 1. The number of carbonyl (C=O) groups is 1. The number of ether oxygens (including phenoxy) is 1. The second kappa shape index (κ2) is 6.98. The van der Waals surface area contributed by atoms with Crippen molar-refractivity contribution in [1.82, 2.24) is 9.88 Å². The molecule has 1 aromatic heterocycles. The smallest absolute Gasteiger partial charge is 0.323 e. The van der Waals surface area contributed by atoms with E-state index in [4.69, 9.17) is 4.74 Å². The maximum absolute atomic E-state index is 13.4. The quantitative estimate of drug-likeness (QED) is 0.902. The molecule has 1 aliphatic heterocycles. The second-order valence-corrected chi connectivity index (χ2v) is 6.87. The number of methoxy groups -OCH3 is 1. The Morgan fingerprint density at radius 2 is 2.25 bits per heavy atom. The van der Waals surface area contributed by atoms with Gasteiger partial charge in [0.15, 0.2) is 5.13 Å². The number of aromatic nitrogens is 1. The number of nitrogens with one attached hydrogen (secondary N) is 1. The highest BCUT2D eigenvalue weighted by Crippen LogP contribution is 2.30. The predicted molar refractivity (Wildman–Crippen MR) is 89.7 cm³/mol. The molecule has 0 aliphatic carbocycles. The summed E-state index contributed by atoms with van der Waals surface area (Å²) in [6.07, 6.45) is -0.158. The molecule has 1 saturated heterocycles. The van der Waals surface area contributed by atoms with Crippen LogP contribution < -0.4 is 5.32 Å². The van der Waals surface area contributed by atoms with E-state index < -0.39 is 5.92 Å². The summed E-state index contributed by atoms with van der Waals surface area (Å²) in [5.74, 6) is -2.68. The molecule has 1 aliphatic rings. The third-order valence-corrected chi connectivity index (χ3v) is 4.96. The normalized spacial score (nSPS) is 17.7. The summed E-state index contributed by atoms with van der Waals surface area (Å²) in [4.78, 5) is 18.2. The van der Waals surface area contributed by atoms with Crippen LogP contribution in [0.3, 0.4) is 0 Å². The maximum atomic E-state index is 13.4. The first-order chi connectivity index (χ1) is 11.5. The van der Waals surface area contributed by atoms with Gasteiger partial charge in [-0.15, -0.1) is 0 Å². The summed E-state index contributed by atoms with van der Waals surface area (Å²) in [6, 6.07) is 5.39. The lowest BCUT2D eigenvalue weighted by molar-refractivity contribution is -0.0121. The van der Waals surface area contributed by atoms with E-state index in [1.807, 2.05) is 18.2 Å². The molecule has 1 aromatic carbocycles. The van der Waals surface area contributed by atoms with E-state index >= 15 is 0 Å². The van der Waals surface area contributed by atoms with Crippen LogP contribution in [0.2, 0.25) is 0 Å². The first-order valence-corrected chi connectivity index (χ1v) is 8.61. The lowest BCUT2D eigenvalue weighted by Crippen LogP contribution is -2.36. The Balaban J connectivity index is 1.72. The van der Waals surface area contributed by atoms with Crippen molar-refractivity contribution in [2.75, 3.05) is 25.5 Å². The summed E-state index contributed by atoms with van der Waals surface area (Å²) >= 11 is 1.36. The van der Waals surface area contributed by atoms with Gasteiger partial charge in [-0.3, -0.25) is 5.32 Å². The van der Waals surface area contributed by atoms with Crippen molar-refractivity contribution in [2.45, 2.75) is 31.8 Å². The first-order valence-electron chi connectivity index (χ1n) is 7.80. The number of anilines is 1. The molecular weight excluding hydrogens is 336 g/mol. The summed E-state index contributed by atoms with van der Waals surface area (Å²) in [5.41, 5.74) is 1.74. The standard InChI is InChI=1S/C16H19F2N3O2S/c1-23-10-11-4-2-5-12-13(11)19-14(24-12)20-15(22)21-8-3-6-16(17,18)7-9-21/h2,4-5H,3,6-10H2,1H3,(H,19,20,22). The Kier molecular flexibility index (Phi) is 4.96. The van der Waals surface area contributed by atoms with Crippen LogP contribution in [0.5, 0.6) is 0 Å². The van der Waals surface area contributed by atoms with Crippen molar-refractivity contribution in [1.29, 1.82) is 0 Å². The second-order valence-electron chi connectivity index (χ2n) is 5.84. The SMILES string of the molecule is COCc1cccc2sc(NC(=O)N3CCCC(F)(F)CC3)nc12. The Morgan fingerprint density at radius 1 is 1.42 bits per heavy atom. The van der Waals surface area contributed by atoms with Gasteiger partial charge in [-0.05, 0) is 12.5 Å². The average molecular weight is 355 g/mol. The third-order valence-electron chi connectivity index (χ3n) is 4.02. The largest absolute Gasteiger partial charge is 0.380 e. The number of hydrogen-bond acceptors (Lipinski definition) is 4. The van der Waals surface area contributed by atoms with E-state index in [1.165, 1.54) is 16.2 Å². The Morgan fingerprint density at radius 3 is 3.04 bits per heavy atom. The summed E-state index contributed by atoms with van der Waals surface area (Å²) < 4.78 is 32.9. The van der Waals surface area contributed by atoms with Crippen molar-refractivity contribution in [3.63, 3.8) is 0 Å². The Labute approximate surface area is 142 Å². The van der Waals surface area contributed by atoms with Gasteiger partial charge in [0.05, 0.1) is 16.8 Å². The van der Waals surface area contributed by atoms with Crippen LogP contribution in [0.15, 0.2) is 18.2 Å². The topological polar surface area (TPSA) is 54.5 Å². The van der Waals surface area contributed by atoms with Gasteiger partial charge in [0, 0.05) is 38.6 Å². The Bertz CT molecular complexity index is 735. The molecule has 1 N–H and O–H groups in total.